The van der Waals surface area contributed by atoms with E-state index in [2.05, 4.69) is 146 Å². The highest BCUT2D eigenvalue weighted by Gasteiger charge is 2.18. The summed E-state index contributed by atoms with van der Waals surface area (Å²) < 4.78 is 0. The number of hydrogen-bond acceptors (Lipinski definition) is 3. The van der Waals surface area contributed by atoms with Crippen LogP contribution in [-0.2, 0) is 0 Å². The van der Waals surface area contributed by atoms with Crippen molar-refractivity contribution >= 4 is 21.8 Å². The topological polar surface area (TPSA) is 38.7 Å². The van der Waals surface area contributed by atoms with Crippen LogP contribution in [0.5, 0.6) is 0 Å². The number of aryl methyl sites for hydroxylation is 1. The van der Waals surface area contributed by atoms with Gasteiger partial charge in [-0.2, -0.15) is 0 Å². The van der Waals surface area contributed by atoms with Crippen LogP contribution in [0.4, 0.5) is 0 Å². The molecule has 0 amide bonds. The first-order valence-corrected chi connectivity index (χ1v) is 15.2. The monoisotopic (exact) mass is 575 g/mol. The number of aromatic nitrogens is 3. The average Bonchev–Trinajstić information content (AvgIpc) is 3.12. The molecule has 0 spiro atoms. The average molecular weight is 576 g/mol. The summed E-state index contributed by atoms with van der Waals surface area (Å²) in [6.07, 6.45) is 0. The van der Waals surface area contributed by atoms with E-state index in [1.54, 1.807) is 0 Å². The molecule has 0 saturated carbocycles. The molecule has 3 nitrogen and oxygen atoms in total. The maximum Gasteiger partial charge on any atom is 0.0978 e. The quantitative estimate of drug-likeness (QED) is 0.192. The number of hydrogen-bond donors (Lipinski definition) is 0. The fraction of sp³-hybridized carbons (Fsp3) is 0.0238. The third-order valence-corrected chi connectivity index (χ3v) is 8.34. The number of benzene rings is 5. The van der Waals surface area contributed by atoms with Gasteiger partial charge in [0.05, 0.1) is 28.1 Å². The van der Waals surface area contributed by atoms with Crippen molar-refractivity contribution in [2.24, 2.45) is 0 Å². The molecule has 3 heterocycles. The number of pyridine rings is 3. The van der Waals surface area contributed by atoms with Gasteiger partial charge in [0.25, 0.3) is 0 Å². The van der Waals surface area contributed by atoms with Crippen molar-refractivity contribution in [1.29, 1.82) is 0 Å². The molecule has 0 radical (unpaired) electrons. The molecule has 0 bridgehead atoms. The molecular formula is C42H29N3. The Hall–Kier alpha value is -5.93. The second-order valence-corrected chi connectivity index (χ2v) is 11.3. The number of nitrogens with zero attached hydrogens (tertiary/aromatic N) is 3. The first kappa shape index (κ1) is 26.7. The molecule has 0 aliphatic carbocycles. The summed E-state index contributed by atoms with van der Waals surface area (Å²) in [5.74, 6) is 0. The Morgan fingerprint density at radius 1 is 0.356 bits per heavy atom. The molecule has 212 valence electrons. The van der Waals surface area contributed by atoms with Gasteiger partial charge in [0.2, 0.25) is 0 Å². The molecule has 0 aliphatic rings. The van der Waals surface area contributed by atoms with Crippen LogP contribution in [0, 0.1) is 6.92 Å². The van der Waals surface area contributed by atoms with Gasteiger partial charge in [0.1, 0.15) is 0 Å². The van der Waals surface area contributed by atoms with Crippen LogP contribution in [0.1, 0.15) is 5.69 Å². The summed E-state index contributed by atoms with van der Waals surface area (Å²) in [6.45, 7) is 2.03. The predicted molar refractivity (Wildman–Crippen MR) is 187 cm³/mol. The van der Waals surface area contributed by atoms with E-state index in [0.717, 1.165) is 83.5 Å². The fourth-order valence-corrected chi connectivity index (χ4v) is 6.11. The largest absolute Gasteiger partial charge is 0.251 e. The van der Waals surface area contributed by atoms with Crippen molar-refractivity contribution < 1.29 is 0 Å². The van der Waals surface area contributed by atoms with E-state index < -0.39 is 0 Å². The van der Waals surface area contributed by atoms with Crippen LogP contribution >= 0.6 is 0 Å². The van der Waals surface area contributed by atoms with Gasteiger partial charge in [0.15, 0.2) is 0 Å². The van der Waals surface area contributed by atoms with E-state index in [0.29, 0.717) is 0 Å². The second kappa shape index (κ2) is 11.3. The molecule has 45 heavy (non-hydrogen) atoms. The molecule has 5 aromatic carbocycles. The molecule has 0 fully saturated rings. The highest BCUT2D eigenvalue weighted by molar-refractivity contribution is 6.10. The van der Waals surface area contributed by atoms with Crippen molar-refractivity contribution in [2.75, 3.05) is 0 Å². The molecule has 3 aromatic heterocycles. The van der Waals surface area contributed by atoms with E-state index in [4.69, 9.17) is 15.0 Å². The van der Waals surface area contributed by atoms with Gasteiger partial charge in [-0.3, -0.25) is 4.98 Å². The van der Waals surface area contributed by atoms with E-state index in [1.165, 1.54) is 0 Å². The molecule has 3 heteroatoms. The van der Waals surface area contributed by atoms with Gasteiger partial charge in [-0.1, -0.05) is 133 Å². The van der Waals surface area contributed by atoms with Crippen molar-refractivity contribution in [1.82, 2.24) is 15.0 Å². The SMILES string of the molecule is Cc1ccc2ccc3c(-c4ccccc4-c4cc(-c5ccccc5)cc(-c5ccccc5)n4)cc(-c4ccccc4)nc3c2n1. The van der Waals surface area contributed by atoms with Crippen LogP contribution in [0.3, 0.4) is 0 Å². The lowest BCUT2D eigenvalue weighted by Crippen LogP contribution is -1.96. The molecule has 0 saturated heterocycles. The Morgan fingerprint density at radius 2 is 0.911 bits per heavy atom. The lowest BCUT2D eigenvalue weighted by Gasteiger charge is -2.16. The van der Waals surface area contributed by atoms with Gasteiger partial charge in [-0.05, 0) is 53.4 Å². The zero-order valence-electron chi connectivity index (χ0n) is 24.9. The Labute approximate surface area is 262 Å². The number of fused-ring (bicyclic) bond motifs is 3. The third-order valence-electron chi connectivity index (χ3n) is 8.34. The van der Waals surface area contributed by atoms with Crippen LogP contribution in [-0.4, -0.2) is 15.0 Å². The Morgan fingerprint density at radius 3 is 1.60 bits per heavy atom. The van der Waals surface area contributed by atoms with Crippen molar-refractivity contribution in [2.45, 2.75) is 6.92 Å². The molecule has 8 rings (SSSR count). The van der Waals surface area contributed by atoms with Gasteiger partial charge >= 0.3 is 0 Å². The van der Waals surface area contributed by atoms with E-state index in [1.807, 2.05) is 19.1 Å². The van der Waals surface area contributed by atoms with Gasteiger partial charge < -0.3 is 0 Å². The summed E-state index contributed by atoms with van der Waals surface area (Å²) in [6, 6.07) is 55.1. The second-order valence-electron chi connectivity index (χ2n) is 11.3. The molecule has 0 aliphatic heterocycles. The third kappa shape index (κ3) is 5.05. The molecular weight excluding hydrogens is 546 g/mol. The first-order valence-electron chi connectivity index (χ1n) is 15.2. The van der Waals surface area contributed by atoms with Crippen LogP contribution < -0.4 is 0 Å². The minimum atomic E-state index is 0.901. The normalized spacial score (nSPS) is 11.2. The molecule has 0 N–H and O–H groups in total. The Bertz CT molecular complexity index is 2250. The van der Waals surface area contributed by atoms with E-state index in [9.17, 15) is 0 Å². The summed E-state index contributed by atoms with van der Waals surface area (Å²) in [4.78, 5) is 15.5. The summed E-state index contributed by atoms with van der Waals surface area (Å²) >= 11 is 0. The fourth-order valence-electron chi connectivity index (χ4n) is 6.11. The highest BCUT2D eigenvalue weighted by Crippen LogP contribution is 2.40. The lowest BCUT2D eigenvalue weighted by atomic mass is 9.91. The molecule has 0 atom stereocenters. The zero-order chi connectivity index (χ0) is 30.2. The summed E-state index contributed by atoms with van der Waals surface area (Å²) in [5.41, 5.74) is 13.3. The Kier molecular flexibility index (Phi) is 6.69. The maximum absolute atomic E-state index is 5.28. The van der Waals surface area contributed by atoms with E-state index >= 15 is 0 Å². The van der Waals surface area contributed by atoms with Gasteiger partial charge in [-0.15, -0.1) is 0 Å². The van der Waals surface area contributed by atoms with Crippen molar-refractivity contribution in [3.8, 4) is 56.0 Å². The molecule has 0 unspecified atom stereocenters. The van der Waals surface area contributed by atoms with Crippen molar-refractivity contribution in [3.05, 3.63) is 163 Å². The Balaban J connectivity index is 1.42. The standard InChI is InChI=1S/C42H29N3/c1-28-21-22-32-23-24-36-37(27-39(31-17-9-4-10-18-31)45-42(36)41(32)43-28)34-19-11-12-20-35(34)40-26-33(29-13-5-2-6-14-29)25-38(44-40)30-15-7-3-8-16-30/h2-27H,1H3. The number of rotatable bonds is 5. The lowest BCUT2D eigenvalue weighted by molar-refractivity contribution is 1.25. The van der Waals surface area contributed by atoms with E-state index in [-0.39, 0.29) is 0 Å². The van der Waals surface area contributed by atoms with Gasteiger partial charge in [-0.25, -0.2) is 9.97 Å². The van der Waals surface area contributed by atoms with Crippen molar-refractivity contribution in [3.63, 3.8) is 0 Å². The minimum Gasteiger partial charge on any atom is -0.251 e. The minimum absolute atomic E-state index is 0.901. The summed E-state index contributed by atoms with van der Waals surface area (Å²) in [7, 11) is 0. The predicted octanol–water partition coefficient (Wildman–Crippen LogP) is 10.8. The first-order chi connectivity index (χ1) is 22.2. The molecule has 8 aromatic rings. The van der Waals surface area contributed by atoms with Crippen LogP contribution in [0.2, 0.25) is 0 Å². The zero-order valence-corrected chi connectivity index (χ0v) is 24.9. The smallest absolute Gasteiger partial charge is 0.0978 e. The summed E-state index contributed by atoms with van der Waals surface area (Å²) in [5, 5.41) is 2.14. The van der Waals surface area contributed by atoms with Crippen LogP contribution in [0.25, 0.3) is 77.8 Å². The van der Waals surface area contributed by atoms with Crippen LogP contribution in [0.15, 0.2) is 158 Å². The maximum atomic E-state index is 5.28. The highest BCUT2D eigenvalue weighted by atomic mass is 14.8. The van der Waals surface area contributed by atoms with Gasteiger partial charge in [0, 0.05) is 33.2 Å².